The van der Waals surface area contributed by atoms with Crippen LogP contribution < -0.4 is 0 Å². The van der Waals surface area contributed by atoms with Crippen molar-refractivity contribution in [2.45, 2.75) is 19.3 Å². The molecule has 0 amide bonds. The van der Waals surface area contributed by atoms with Crippen LogP contribution in [0.5, 0.6) is 0 Å². The van der Waals surface area contributed by atoms with E-state index in [9.17, 15) is 0 Å². The summed E-state index contributed by atoms with van der Waals surface area (Å²) in [6.45, 7) is 4.74. The Morgan fingerprint density at radius 1 is 0.355 bits per heavy atom. The van der Waals surface area contributed by atoms with E-state index in [0.717, 1.165) is 27.5 Å². The van der Waals surface area contributed by atoms with E-state index in [1.165, 1.54) is 82.1 Å². The lowest BCUT2D eigenvalue weighted by Gasteiger charge is -2.22. The Hall–Kier alpha value is -7.95. The smallest absolute Gasteiger partial charge is 0.164 e. The minimum Gasteiger partial charge on any atom is -0.308 e. The zero-order valence-corrected chi connectivity index (χ0v) is 34.3. The van der Waals surface area contributed by atoms with E-state index in [4.69, 9.17) is 15.0 Å². The van der Waals surface area contributed by atoms with E-state index in [-0.39, 0.29) is 5.41 Å². The van der Waals surface area contributed by atoms with Crippen molar-refractivity contribution in [1.29, 1.82) is 0 Å². The van der Waals surface area contributed by atoms with Crippen LogP contribution in [0.4, 0.5) is 0 Å². The normalized spacial score (nSPS) is 13.1. The number of benzene rings is 10. The maximum Gasteiger partial charge on any atom is 0.164 e. The lowest BCUT2D eigenvalue weighted by Crippen LogP contribution is -2.15. The predicted molar refractivity (Wildman–Crippen MR) is 258 cm³/mol. The second-order valence-corrected chi connectivity index (χ2v) is 17.1. The van der Waals surface area contributed by atoms with Gasteiger partial charge < -0.3 is 4.57 Å². The Morgan fingerprint density at radius 2 is 0.935 bits per heavy atom. The molecule has 0 spiro atoms. The summed E-state index contributed by atoms with van der Waals surface area (Å²) in [7, 11) is 0. The van der Waals surface area contributed by atoms with Crippen LogP contribution in [-0.4, -0.2) is 19.5 Å². The molecule has 0 saturated heterocycles. The molecule has 290 valence electrons. The molecule has 2 aromatic heterocycles. The molecule has 4 nitrogen and oxygen atoms in total. The van der Waals surface area contributed by atoms with E-state index in [1.807, 2.05) is 36.4 Å². The van der Waals surface area contributed by atoms with E-state index in [0.29, 0.717) is 17.5 Å². The molecule has 1 aliphatic carbocycles. The fourth-order valence-electron chi connectivity index (χ4n) is 10.5. The first kappa shape index (κ1) is 34.9. The van der Waals surface area contributed by atoms with Crippen LogP contribution in [0.3, 0.4) is 0 Å². The summed E-state index contributed by atoms with van der Waals surface area (Å²) < 4.78 is 2.57. The molecule has 0 atom stereocenters. The fourth-order valence-corrected chi connectivity index (χ4v) is 10.5. The van der Waals surface area contributed by atoms with Gasteiger partial charge in [-0.25, -0.2) is 15.0 Å². The summed E-state index contributed by atoms with van der Waals surface area (Å²) in [4.78, 5) is 15.6. The van der Waals surface area contributed by atoms with Crippen molar-refractivity contribution in [3.05, 3.63) is 205 Å². The Balaban J connectivity index is 1.18. The van der Waals surface area contributed by atoms with Gasteiger partial charge in [0.1, 0.15) is 0 Å². The van der Waals surface area contributed by atoms with Crippen molar-refractivity contribution in [2.24, 2.45) is 0 Å². The highest BCUT2D eigenvalue weighted by molar-refractivity contribution is 6.39. The molecular weight excluding hydrogens is 753 g/mol. The lowest BCUT2D eigenvalue weighted by atomic mass is 9.82. The molecule has 13 rings (SSSR count). The highest BCUT2D eigenvalue weighted by atomic mass is 15.0. The lowest BCUT2D eigenvalue weighted by molar-refractivity contribution is 0.660. The first-order chi connectivity index (χ1) is 30.5. The van der Waals surface area contributed by atoms with Gasteiger partial charge in [-0.2, -0.15) is 0 Å². The van der Waals surface area contributed by atoms with Gasteiger partial charge in [0, 0.05) is 54.7 Å². The second kappa shape index (κ2) is 13.0. The molecule has 62 heavy (non-hydrogen) atoms. The van der Waals surface area contributed by atoms with Crippen molar-refractivity contribution in [3.8, 4) is 51.0 Å². The number of rotatable bonds is 4. The van der Waals surface area contributed by atoms with Crippen LogP contribution >= 0.6 is 0 Å². The summed E-state index contributed by atoms with van der Waals surface area (Å²) in [6.07, 6.45) is 0. The van der Waals surface area contributed by atoms with Gasteiger partial charge in [-0.05, 0) is 67.4 Å². The molecule has 1 aliphatic rings. The minimum absolute atomic E-state index is 0.139. The van der Waals surface area contributed by atoms with E-state index < -0.39 is 0 Å². The van der Waals surface area contributed by atoms with Crippen LogP contribution in [0.15, 0.2) is 194 Å². The predicted octanol–water partition coefficient (Wildman–Crippen LogP) is 14.9. The third-order valence-corrected chi connectivity index (χ3v) is 13.4. The quantitative estimate of drug-likeness (QED) is 0.167. The Labute approximate surface area is 358 Å². The summed E-state index contributed by atoms with van der Waals surface area (Å²) in [5.74, 6) is 1.94. The fraction of sp³-hybridized carbons (Fsp3) is 0.0517. The molecule has 0 fully saturated rings. The molecule has 0 aliphatic heterocycles. The average molecular weight is 791 g/mol. The minimum atomic E-state index is -0.139. The zero-order valence-electron chi connectivity index (χ0n) is 34.3. The van der Waals surface area contributed by atoms with Crippen LogP contribution in [0.25, 0.3) is 116 Å². The number of fused-ring (bicyclic) bond motifs is 15. The standard InChI is InChI=1S/C58H38N4/c1-58(2)49-28-16-15-25-42(49)43-32-30-38(33-50(43)58)62-53-39-22-10-9-17-35(39)29-31-46(53)52-51-44-26-13-11-23-40(44)48(34-47(51)41-24-12-14-27-45(41)54(52)62)57-60-55(36-18-5-3-6-19-36)59-56(61-57)37-20-7-4-8-21-37/h3-34H,1-2H3. The van der Waals surface area contributed by atoms with Crippen molar-refractivity contribution < 1.29 is 0 Å². The van der Waals surface area contributed by atoms with E-state index >= 15 is 0 Å². The van der Waals surface area contributed by atoms with Crippen LogP contribution in [0.1, 0.15) is 25.0 Å². The largest absolute Gasteiger partial charge is 0.308 e. The number of aromatic nitrogens is 4. The Kier molecular flexibility index (Phi) is 7.32. The van der Waals surface area contributed by atoms with Crippen LogP contribution in [-0.2, 0) is 5.41 Å². The van der Waals surface area contributed by atoms with Crippen molar-refractivity contribution in [2.75, 3.05) is 0 Å². The van der Waals surface area contributed by atoms with E-state index in [2.05, 4.69) is 176 Å². The SMILES string of the molecule is CC1(C)c2ccccc2-c2ccc(-n3c4c5ccccc5ccc4c4c5c6ccccc6c(-c6nc(-c7ccccc7)nc(-c7ccccc7)n6)cc5c5ccccc5c43)cc21. The third kappa shape index (κ3) is 4.92. The van der Waals surface area contributed by atoms with Gasteiger partial charge in [-0.3, -0.25) is 0 Å². The second-order valence-electron chi connectivity index (χ2n) is 17.1. The van der Waals surface area contributed by atoms with Gasteiger partial charge in [-0.1, -0.05) is 190 Å². The molecule has 12 aromatic rings. The van der Waals surface area contributed by atoms with Crippen molar-refractivity contribution in [1.82, 2.24) is 19.5 Å². The molecule has 0 saturated carbocycles. The molecule has 0 unspecified atom stereocenters. The van der Waals surface area contributed by atoms with E-state index in [1.54, 1.807) is 0 Å². The summed E-state index contributed by atoms with van der Waals surface area (Å²) in [5, 5.41) is 12.0. The van der Waals surface area contributed by atoms with Gasteiger partial charge in [-0.15, -0.1) is 0 Å². The molecule has 10 aromatic carbocycles. The van der Waals surface area contributed by atoms with Gasteiger partial charge in [0.2, 0.25) is 0 Å². The number of hydrogen-bond donors (Lipinski definition) is 0. The average Bonchev–Trinajstić information content (AvgIpc) is 3.80. The first-order valence-corrected chi connectivity index (χ1v) is 21.4. The summed E-state index contributed by atoms with van der Waals surface area (Å²) >= 11 is 0. The number of hydrogen-bond acceptors (Lipinski definition) is 3. The van der Waals surface area contributed by atoms with Gasteiger partial charge in [0.15, 0.2) is 17.5 Å². The van der Waals surface area contributed by atoms with Gasteiger partial charge >= 0.3 is 0 Å². The highest BCUT2D eigenvalue weighted by Crippen LogP contribution is 2.51. The van der Waals surface area contributed by atoms with Gasteiger partial charge in [0.25, 0.3) is 0 Å². The third-order valence-electron chi connectivity index (χ3n) is 13.4. The Morgan fingerprint density at radius 3 is 1.68 bits per heavy atom. The molecule has 4 heteroatoms. The first-order valence-electron chi connectivity index (χ1n) is 21.4. The maximum absolute atomic E-state index is 5.26. The molecular formula is C58H38N4. The van der Waals surface area contributed by atoms with Crippen LogP contribution in [0.2, 0.25) is 0 Å². The maximum atomic E-state index is 5.26. The Bertz CT molecular complexity index is 3770. The van der Waals surface area contributed by atoms with Crippen molar-refractivity contribution >= 4 is 64.9 Å². The molecule has 2 heterocycles. The number of nitrogens with zero attached hydrogens (tertiary/aromatic N) is 4. The van der Waals surface area contributed by atoms with Gasteiger partial charge in [0.05, 0.1) is 11.0 Å². The molecule has 0 radical (unpaired) electrons. The molecule has 0 bridgehead atoms. The topological polar surface area (TPSA) is 43.6 Å². The van der Waals surface area contributed by atoms with Crippen LogP contribution in [0, 0.1) is 0 Å². The summed E-state index contributed by atoms with van der Waals surface area (Å²) in [6, 6.07) is 70.1. The zero-order chi connectivity index (χ0) is 41.1. The van der Waals surface area contributed by atoms with Crippen molar-refractivity contribution in [3.63, 3.8) is 0 Å². The summed E-state index contributed by atoms with van der Waals surface area (Å²) in [5.41, 5.74) is 11.7. The monoisotopic (exact) mass is 790 g/mol. The molecule has 0 N–H and O–H groups in total. The highest BCUT2D eigenvalue weighted by Gasteiger charge is 2.36.